The molecule has 23 heavy (non-hydrogen) atoms. The lowest BCUT2D eigenvalue weighted by Crippen LogP contribution is -2.48. The van der Waals surface area contributed by atoms with E-state index in [2.05, 4.69) is 0 Å². The van der Waals surface area contributed by atoms with Crippen LogP contribution >= 0.6 is 0 Å². The maximum atomic E-state index is 10.2. The van der Waals surface area contributed by atoms with Crippen LogP contribution in [-0.4, -0.2) is 61.3 Å². The van der Waals surface area contributed by atoms with Gasteiger partial charge in [0.15, 0.2) is 11.5 Å². The Morgan fingerprint density at radius 1 is 1.04 bits per heavy atom. The van der Waals surface area contributed by atoms with E-state index in [0.29, 0.717) is 0 Å². The highest BCUT2D eigenvalue weighted by Gasteiger charge is 2.36. The van der Waals surface area contributed by atoms with Gasteiger partial charge in [0, 0.05) is 12.5 Å². The number of benzene rings is 1. The molecule has 1 aliphatic heterocycles. The topological polar surface area (TPSA) is 107 Å². The van der Waals surface area contributed by atoms with Gasteiger partial charge >= 0.3 is 0 Å². The standard InChI is InChI=1S/C15H22O8/c1-7-12(18)8(16)6-11(22-7)23-13-9(17)5-10(19-2)14(20-3)15(13)21-4/h5,7-8,11-12,16-18H,6H2,1-4H3/t7-,8-,11+,12-/m1/s1. The Labute approximate surface area is 134 Å². The molecule has 1 aromatic rings. The van der Waals surface area contributed by atoms with E-state index in [1.807, 2.05) is 0 Å². The first kappa shape index (κ1) is 17.5. The molecule has 0 spiro atoms. The van der Waals surface area contributed by atoms with E-state index in [0.717, 1.165) is 0 Å². The first-order chi connectivity index (χ1) is 10.9. The molecule has 1 heterocycles. The average molecular weight is 330 g/mol. The van der Waals surface area contributed by atoms with Crippen LogP contribution in [0.1, 0.15) is 13.3 Å². The fourth-order valence-electron chi connectivity index (χ4n) is 2.46. The molecule has 2 rings (SSSR count). The number of hydrogen-bond acceptors (Lipinski definition) is 8. The van der Waals surface area contributed by atoms with Gasteiger partial charge in [0.1, 0.15) is 6.10 Å². The Morgan fingerprint density at radius 3 is 2.22 bits per heavy atom. The second-order valence-electron chi connectivity index (χ2n) is 5.18. The Morgan fingerprint density at radius 2 is 1.70 bits per heavy atom. The van der Waals surface area contributed by atoms with Gasteiger partial charge in [0.25, 0.3) is 0 Å². The minimum atomic E-state index is -0.990. The molecule has 1 saturated heterocycles. The van der Waals surface area contributed by atoms with Gasteiger partial charge in [-0.15, -0.1) is 0 Å². The molecule has 1 fully saturated rings. The summed E-state index contributed by atoms with van der Waals surface area (Å²) in [6, 6.07) is 1.33. The van der Waals surface area contributed by atoms with Gasteiger partial charge in [0.2, 0.25) is 23.5 Å². The second-order valence-corrected chi connectivity index (χ2v) is 5.18. The van der Waals surface area contributed by atoms with Crippen molar-refractivity contribution in [3.8, 4) is 28.7 Å². The monoisotopic (exact) mass is 330 g/mol. The molecule has 0 saturated carbocycles. The Kier molecular flexibility index (Phi) is 5.40. The summed E-state index contributed by atoms with van der Waals surface area (Å²) >= 11 is 0. The fourth-order valence-corrected chi connectivity index (χ4v) is 2.46. The molecule has 0 amide bonds. The molecule has 0 bridgehead atoms. The summed E-state index contributed by atoms with van der Waals surface area (Å²) in [6.07, 6.45) is -3.41. The van der Waals surface area contributed by atoms with E-state index in [9.17, 15) is 15.3 Å². The number of hydrogen-bond donors (Lipinski definition) is 3. The van der Waals surface area contributed by atoms with Crippen LogP contribution in [0.5, 0.6) is 28.7 Å². The molecule has 8 heteroatoms. The lowest BCUT2D eigenvalue weighted by atomic mass is 10.0. The molecule has 1 aromatic carbocycles. The summed E-state index contributed by atoms with van der Waals surface area (Å²) in [5.41, 5.74) is 0. The molecule has 0 aromatic heterocycles. The van der Waals surface area contributed by atoms with E-state index in [1.165, 1.54) is 27.4 Å². The lowest BCUT2D eigenvalue weighted by Gasteiger charge is -2.35. The molecule has 8 nitrogen and oxygen atoms in total. The molecule has 0 radical (unpaired) electrons. The second kappa shape index (κ2) is 7.12. The predicted molar refractivity (Wildman–Crippen MR) is 79.4 cm³/mol. The quantitative estimate of drug-likeness (QED) is 0.722. The van der Waals surface area contributed by atoms with Gasteiger partial charge in [-0.3, -0.25) is 0 Å². The number of aliphatic hydroxyl groups is 2. The number of ether oxygens (including phenoxy) is 5. The van der Waals surface area contributed by atoms with Crippen LogP contribution in [0.4, 0.5) is 0 Å². The molecule has 4 atom stereocenters. The van der Waals surface area contributed by atoms with Crippen LogP contribution in [0.15, 0.2) is 6.07 Å². The zero-order chi connectivity index (χ0) is 17.1. The van der Waals surface area contributed by atoms with Crippen LogP contribution in [0, 0.1) is 0 Å². The van der Waals surface area contributed by atoms with Crippen molar-refractivity contribution in [2.45, 2.75) is 37.9 Å². The van der Waals surface area contributed by atoms with Crippen molar-refractivity contribution >= 4 is 0 Å². The highest BCUT2D eigenvalue weighted by Crippen LogP contribution is 2.50. The normalized spacial score (nSPS) is 27.4. The minimum Gasteiger partial charge on any atom is -0.504 e. The predicted octanol–water partition coefficient (Wildman–Crippen LogP) is 0.653. The van der Waals surface area contributed by atoms with Gasteiger partial charge in [-0.2, -0.15) is 0 Å². The van der Waals surface area contributed by atoms with E-state index in [-0.39, 0.29) is 35.2 Å². The summed E-state index contributed by atoms with van der Waals surface area (Å²) in [7, 11) is 4.26. The maximum absolute atomic E-state index is 10.2. The summed E-state index contributed by atoms with van der Waals surface area (Å²) in [5.74, 6) is 0.457. The summed E-state index contributed by atoms with van der Waals surface area (Å²) in [5, 5.41) is 29.7. The van der Waals surface area contributed by atoms with Crippen molar-refractivity contribution in [3.63, 3.8) is 0 Å². The van der Waals surface area contributed by atoms with Crippen molar-refractivity contribution in [2.24, 2.45) is 0 Å². The van der Waals surface area contributed by atoms with E-state index in [1.54, 1.807) is 6.92 Å². The Balaban J connectivity index is 2.32. The SMILES string of the molecule is COc1cc(O)c(O[C@H]2C[C@@H](O)[C@H](O)[C@@H](C)O2)c(OC)c1OC. The molecular weight excluding hydrogens is 308 g/mol. The number of aromatic hydroxyl groups is 1. The molecule has 3 N–H and O–H groups in total. The van der Waals surface area contributed by atoms with Crippen molar-refractivity contribution in [3.05, 3.63) is 6.07 Å². The number of rotatable bonds is 5. The van der Waals surface area contributed by atoms with Gasteiger partial charge < -0.3 is 39.0 Å². The number of phenols is 1. The largest absolute Gasteiger partial charge is 0.504 e. The molecule has 0 aliphatic carbocycles. The van der Waals surface area contributed by atoms with Gasteiger partial charge in [-0.1, -0.05) is 0 Å². The van der Waals surface area contributed by atoms with Crippen LogP contribution in [-0.2, 0) is 4.74 Å². The Hall–Kier alpha value is -1.90. The fraction of sp³-hybridized carbons (Fsp3) is 0.600. The zero-order valence-corrected chi connectivity index (χ0v) is 13.5. The molecular formula is C15H22O8. The summed E-state index contributed by atoms with van der Waals surface area (Å²) in [6.45, 7) is 1.62. The van der Waals surface area contributed by atoms with Gasteiger partial charge in [-0.05, 0) is 6.92 Å². The zero-order valence-electron chi connectivity index (χ0n) is 13.5. The first-order valence-electron chi connectivity index (χ1n) is 7.13. The smallest absolute Gasteiger partial charge is 0.211 e. The van der Waals surface area contributed by atoms with Crippen LogP contribution in [0.3, 0.4) is 0 Å². The van der Waals surface area contributed by atoms with Crippen LogP contribution in [0.25, 0.3) is 0 Å². The van der Waals surface area contributed by atoms with Crippen molar-refractivity contribution in [1.29, 1.82) is 0 Å². The molecule has 1 aliphatic rings. The van der Waals surface area contributed by atoms with Gasteiger partial charge in [-0.25, -0.2) is 0 Å². The third-order valence-corrected chi connectivity index (χ3v) is 3.69. The highest BCUT2D eigenvalue weighted by atomic mass is 16.7. The van der Waals surface area contributed by atoms with Crippen LogP contribution in [0.2, 0.25) is 0 Å². The first-order valence-corrected chi connectivity index (χ1v) is 7.13. The summed E-state index contributed by atoms with van der Waals surface area (Å²) < 4.78 is 26.7. The third-order valence-electron chi connectivity index (χ3n) is 3.69. The number of phenolic OH excluding ortho intramolecular Hbond substituents is 1. The minimum absolute atomic E-state index is 0.00550. The van der Waals surface area contributed by atoms with E-state index < -0.39 is 24.6 Å². The van der Waals surface area contributed by atoms with Crippen molar-refractivity contribution < 1.29 is 39.0 Å². The van der Waals surface area contributed by atoms with Gasteiger partial charge in [0.05, 0.1) is 33.5 Å². The highest BCUT2D eigenvalue weighted by molar-refractivity contribution is 5.65. The van der Waals surface area contributed by atoms with Crippen molar-refractivity contribution in [2.75, 3.05) is 21.3 Å². The van der Waals surface area contributed by atoms with E-state index >= 15 is 0 Å². The summed E-state index contributed by atoms with van der Waals surface area (Å²) in [4.78, 5) is 0. The third kappa shape index (κ3) is 3.39. The molecule has 130 valence electrons. The van der Waals surface area contributed by atoms with Crippen LogP contribution < -0.4 is 18.9 Å². The average Bonchev–Trinajstić information content (AvgIpc) is 2.53. The lowest BCUT2D eigenvalue weighted by molar-refractivity contribution is -0.217. The number of methoxy groups -OCH3 is 3. The number of aliphatic hydroxyl groups excluding tert-OH is 2. The van der Waals surface area contributed by atoms with Crippen molar-refractivity contribution in [1.82, 2.24) is 0 Å². The van der Waals surface area contributed by atoms with E-state index in [4.69, 9.17) is 23.7 Å². The Bertz CT molecular complexity index is 535. The molecule has 0 unspecified atom stereocenters. The maximum Gasteiger partial charge on any atom is 0.211 e.